The molecule has 5 atom stereocenters. The largest absolute Gasteiger partial charge is 0.367 e. The Bertz CT molecular complexity index is 417. The van der Waals surface area contributed by atoms with Gasteiger partial charge in [-0.3, -0.25) is 4.79 Å². The highest BCUT2D eigenvalue weighted by molar-refractivity contribution is 6.03. The number of hydrogen-bond donors (Lipinski definition) is 2. The molecule has 1 spiro atoms. The normalized spacial score (nSPS) is 50.6. The minimum absolute atomic E-state index is 0.164. The van der Waals surface area contributed by atoms with Gasteiger partial charge in [0.25, 0.3) is 5.91 Å². The molecule has 0 aromatic heterocycles. The van der Waals surface area contributed by atoms with Crippen LogP contribution < -0.4 is 5.73 Å². The van der Waals surface area contributed by atoms with Gasteiger partial charge < -0.3 is 20.6 Å². The van der Waals surface area contributed by atoms with E-state index < -0.39 is 29.2 Å². The number of carbonyl (C=O) groups is 1. The Morgan fingerprint density at radius 3 is 2.41 bits per heavy atom. The number of primary amides is 1. The maximum Gasteiger partial charge on any atom is 0.256 e. The van der Waals surface area contributed by atoms with E-state index in [1.54, 1.807) is 0 Å². The Balaban J connectivity index is 1.96. The van der Waals surface area contributed by atoms with Gasteiger partial charge in [0.15, 0.2) is 5.79 Å². The minimum Gasteiger partial charge on any atom is -0.367 e. The molecule has 6 heteroatoms. The highest BCUT2D eigenvalue weighted by Crippen LogP contribution is 2.68. The topological polar surface area (TPSA) is 85.4 Å². The number of alkyl halides is 1. The second-order valence-corrected chi connectivity index (χ2v) is 5.25. The van der Waals surface area contributed by atoms with Crippen LogP contribution in [0.4, 0.5) is 4.39 Å². The lowest BCUT2D eigenvalue weighted by atomic mass is 10.0. The Morgan fingerprint density at radius 2 is 2.00 bits per heavy atom. The molecule has 5 nitrogen and oxygen atoms in total. The first-order valence-electron chi connectivity index (χ1n) is 5.74. The number of rotatable bonds is 1. The summed E-state index contributed by atoms with van der Waals surface area (Å²) in [4.78, 5) is 11.2. The van der Waals surface area contributed by atoms with Crippen LogP contribution in [0.5, 0.6) is 0 Å². The predicted molar refractivity (Wildman–Crippen MR) is 56.2 cm³/mol. The Kier molecular flexibility index (Phi) is 1.87. The maximum atomic E-state index is 14.4. The van der Waals surface area contributed by atoms with Crippen LogP contribution in [0.3, 0.4) is 0 Å². The summed E-state index contributed by atoms with van der Waals surface area (Å²) in [5.74, 6) is -3.66. The SMILES string of the molecule is C[C@@H]1OC2(CC(=N)[C@H]3[C@@H]2[C@]3(F)C(N)=O)O[C@H]1C. The van der Waals surface area contributed by atoms with Crippen LogP contribution >= 0.6 is 0 Å². The summed E-state index contributed by atoms with van der Waals surface area (Å²) < 4.78 is 25.7. The van der Waals surface area contributed by atoms with Crippen LogP contribution in [0.2, 0.25) is 0 Å². The number of hydrogen-bond acceptors (Lipinski definition) is 4. The molecule has 94 valence electrons. The molecule has 3 N–H and O–H groups in total. The zero-order valence-corrected chi connectivity index (χ0v) is 9.70. The molecule has 1 saturated heterocycles. The third kappa shape index (κ3) is 1.10. The van der Waals surface area contributed by atoms with E-state index in [-0.39, 0.29) is 24.3 Å². The van der Waals surface area contributed by atoms with Crippen molar-refractivity contribution in [2.75, 3.05) is 0 Å². The van der Waals surface area contributed by atoms with Gasteiger partial charge in [-0.25, -0.2) is 4.39 Å². The van der Waals surface area contributed by atoms with Gasteiger partial charge in [-0.2, -0.15) is 0 Å². The van der Waals surface area contributed by atoms with Gasteiger partial charge in [-0.05, 0) is 13.8 Å². The fraction of sp³-hybridized carbons (Fsp3) is 0.818. The zero-order chi connectivity index (χ0) is 12.6. The molecule has 3 fully saturated rings. The standard InChI is InChI=1S/C11H15FN2O3/c1-4-5(2)17-10(16-4)3-6(13)7-8(10)11(7,12)9(14)15/h4-5,7-8,13H,3H2,1-2H3,(H2,14,15)/t4-,5-,7-,8-,11-/m0/s1. The fourth-order valence-electron chi connectivity index (χ4n) is 3.26. The summed E-state index contributed by atoms with van der Waals surface area (Å²) in [5.41, 5.74) is 3.09. The first-order valence-corrected chi connectivity index (χ1v) is 5.74. The molecule has 0 bridgehead atoms. The zero-order valence-electron chi connectivity index (χ0n) is 9.70. The van der Waals surface area contributed by atoms with Crippen LogP contribution in [0.1, 0.15) is 20.3 Å². The van der Waals surface area contributed by atoms with Crippen molar-refractivity contribution in [1.82, 2.24) is 0 Å². The second kappa shape index (κ2) is 2.87. The van der Waals surface area contributed by atoms with E-state index >= 15 is 0 Å². The lowest BCUT2D eigenvalue weighted by Gasteiger charge is -2.26. The van der Waals surface area contributed by atoms with E-state index in [1.807, 2.05) is 13.8 Å². The molecule has 3 rings (SSSR count). The molecule has 2 saturated carbocycles. The summed E-state index contributed by atoms with van der Waals surface area (Å²) >= 11 is 0. The number of nitrogens with one attached hydrogen (secondary N) is 1. The summed E-state index contributed by atoms with van der Waals surface area (Å²) in [6.45, 7) is 3.67. The first kappa shape index (κ1) is 11.1. The molecule has 0 aromatic carbocycles. The maximum absolute atomic E-state index is 14.4. The van der Waals surface area contributed by atoms with Crippen LogP contribution in [-0.4, -0.2) is 35.3 Å². The van der Waals surface area contributed by atoms with Gasteiger partial charge >= 0.3 is 0 Å². The minimum atomic E-state index is -2.15. The van der Waals surface area contributed by atoms with Gasteiger partial charge in [0, 0.05) is 12.1 Å². The molecule has 1 amide bonds. The van der Waals surface area contributed by atoms with E-state index in [1.165, 1.54) is 0 Å². The number of halogens is 1. The van der Waals surface area contributed by atoms with Gasteiger partial charge in [0.2, 0.25) is 5.67 Å². The highest BCUT2D eigenvalue weighted by atomic mass is 19.1. The van der Waals surface area contributed by atoms with E-state index in [0.29, 0.717) is 0 Å². The number of carbonyl (C=O) groups excluding carboxylic acids is 1. The highest BCUT2D eigenvalue weighted by Gasteiger charge is 2.85. The first-order chi connectivity index (χ1) is 7.83. The monoisotopic (exact) mass is 242 g/mol. The van der Waals surface area contributed by atoms with Crippen LogP contribution in [0, 0.1) is 17.2 Å². The Hall–Kier alpha value is -1.01. The van der Waals surface area contributed by atoms with Gasteiger partial charge in [0.05, 0.1) is 24.0 Å². The fourth-order valence-corrected chi connectivity index (χ4v) is 3.26. The number of fused-ring (bicyclic) bond motifs is 2. The quantitative estimate of drug-likeness (QED) is 0.696. The molecule has 2 aliphatic carbocycles. The predicted octanol–water partition coefficient (Wildman–Crippen LogP) is 0.370. The Labute approximate surface area is 98.0 Å². The van der Waals surface area contributed by atoms with Crippen LogP contribution in [-0.2, 0) is 14.3 Å². The van der Waals surface area contributed by atoms with Crippen molar-refractivity contribution in [1.29, 1.82) is 5.41 Å². The molecule has 0 radical (unpaired) electrons. The van der Waals surface area contributed by atoms with E-state index in [2.05, 4.69) is 0 Å². The molecule has 3 aliphatic rings. The van der Waals surface area contributed by atoms with Crippen molar-refractivity contribution in [3.05, 3.63) is 0 Å². The van der Waals surface area contributed by atoms with Crippen molar-refractivity contribution in [2.45, 2.75) is 43.9 Å². The third-order valence-electron chi connectivity index (χ3n) is 4.23. The second-order valence-electron chi connectivity index (χ2n) is 5.25. The molecular weight excluding hydrogens is 227 g/mol. The smallest absolute Gasteiger partial charge is 0.256 e. The number of nitrogens with two attached hydrogens (primary N) is 1. The number of ether oxygens (including phenoxy) is 2. The van der Waals surface area contributed by atoms with Gasteiger partial charge in [-0.15, -0.1) is 0 Å². The molecule has 1 heterocycles. The average Bonchev–Trinajstić information content (AvgIpc) is 2.64. The van der Waals surface area contributed by atoms with Gasteiger partial charge in [-0.1, -0.05) is 0 Å². The lowest BCUT2D eigenvalue weighted by Crippen LogP contribution is -2.42. The van der Waals surface area contributed by atoms with Crippen molar-refractivity contribution in [2.24, 2.45) is 17.6 Å². The summed E-state index contributed by atoms with van der Waals surface area (Å²) in [6.07, 6.45) is -0.103. The van der Waals surface area contributed by atoms with Crippen LogP contribution in [0.25, 0.3) is 0 Å². The summed E-state index contributed by atoms with van der Waals surface area (Å²) in [5, 5.41) is 7.76. The van der Waals surface area contributed by atoms with Crippen molar-refractivity contribution in [3.8, 4) is 0 Å². The molecule has 0 unspecified atom stereocenters. The van der Waals surface area contributed by atoms with Gasteiger partial charge in [0.1, 0.15) is 0 Å². The Morgan fingerprint density at radius 1 is 1.47 bits per heavy atom. The molecule has 0 aromatic rings. The van der Waals surface area contributed by atoms with Crippen LogP contribution in [0.15, 0.2) is 0 Å². The third-order valence-corrected chi connectivity index (χ3v) is 4.23. The number of amides is 1. The van der Waals surface area contributed by atoms with Crippen molar-refractivity contribution in [3.63, 3.8) is 0 Å². The van der Waals surface area contributed by atoms with E-state index in [0.717, 1.165) is 0 Å². The molecule has 1 aliphatic heterocycles. The van der Waals surface area contributed by atoms with Crippen molar-refractivity contribution < 1.29 is 18.7 Å². The summed E-state index contributed by atoms with van der Waals surface area (Å²) in [7, 11) is 0. The molecule has 17 heavy (non-hydrogen) atoms. The summed E-state index contributed by atoms with van der Waals surface area (Å²) in [6, 6.07) is 0. The molecular formula is C11H15FN2O3. The lowest BCUT2D eigenvalue weighted by molar-refractivity contribution is -0.188. The average molecular weight is 242 g/mol. The van der Waals surface area contributed by atoms with Crippen molar-refractivity contribution >= 4 is 11.6 Å². The van der Waals surface area contributed by atoms with E-state index in [4.69, 9.17) is 20.6 Å². The van der Waals surface area contributed by atoms with E-state index in [9.17, 15) is 9.18 Å².